The summed E-state index contributed by atoms with van der Waals surface area (Å²) in [7, 11) is 3.55. The van der Waals surface area contributed by atoms with Crippen molar-refractivity contribution in [1.29, 1.82) is 0 Å². The second kappa shape index (κ2) is 5.99. The maximum absolute atomic E-state index is 14.1. The van der Waals surface area contributed by atoms with Gasteiger partial charge in [0.1, 0.15) is 5.82 Å². The number of hydrogen-bond donors (Lipinski definition) is 1. The first-order valence-electron chi connectivity index (χ1n) is 6.69. The van der Waals surface area contributed by atoms with E-state index in [1.54, 1.807) is 13.2 Å². The minimum Gasteiger partial charge on any atom is -0.381 e. The highest BCUT2D eigenvalue weighted by atomic mass is 19.1. The number of methoxy groups -OCH3 is 1. The lowest BCUT2D eigenvalue weighted by molar-refractivity contribution is -0.111. The van der Waals surface area contributed by atoms with Crippen LogP contribution in [0.5, 0.6) is 0 Å². The normalized spacial score (nSPS) is 20.2. The van der Waals surface area contributed by atoms with E-state index >= 15 is 0 Å². The molecule has 1 heterocycles. The summed E-state index contributed by atoms with van der Waals surface area (Å²) in [6.45, 7) is 3.28. The fourth-order valence-corrected chi connectivity index (χ4v) is 2.91. The van der Waals surface area contributed by atoms with E-state index in [0.29, 0.717) is 18.8 Å². The summed E-state index contributed by atoms with van der Waals surface area (Å²) < 4.78 is 25.3. The van der Waals surface area contributed by atoms with E-state index in [0.717, 1.165) is 18.4 Å². The maximum atomic E-state index is 14.1. The van der Waals surface area contributed by atoms with Crippen LogP contribution in [0.15, 0.2) is 18.2 Å². The number of rotatable bonds is 4. The number of halogens is 1. The summed E-state index contributed by atoms with van der Waals surface area (Å²) in [5, 5.41) is 3.23. The van der Waals surface area contributed by atoms with Crippen LogP contribution in [0.4, 0.5) is 4.39 Å². The smallest absolute Gasteiger partial charge is 0.128 e. The van der Waals surface area contributed by atoms with Gasteiger partial charge in [-0.3, -0.25) is 0 Å². The molecule has 1 N–H and O–H groups in total. The van der Waals surface area contributed by atoms with Crippen molar-refractivity contribution in [2.45, 2.75) is 31.4 Å². The van der Waals surface area contributed by atoms with Gasteiger partial charge < -0.3 is 14.8 Å². The summed E-state index contributed by atoms with van der Waals surface area (Å²) in [5.41, 5.74) is 1.32. The number of nitrogens with one attached hydrogen (secondary N) is 1. The largest absolute Gasteiger partial charge is 0.381 e. The molecule has 0 spiro atoms. The Morgan fingerprint density at radius 2 is 2.05 bits per heavy atom. The van der Waals surface area contributed by atoms with Gasteiger partial charge in [0.05, 0.1) is 11.6 Å². The SMILES string of the molecule is CNC(c1cc(C)ccc1F)C1(OC)CCOCC1. The molecule has 1 saturated heterocycles. The van der Waals surface area contributed by atoms with Crippen molar-refractivity contribution in [2.24, 2.45) is 0 Å². The lowest BCUT2D eigenvalue weighted by Crippen LogP contribution is -2.48. The monoisotopic (exact) mass is 267 g/mol. The molecule has 0 radical (unpaired) electrons. The molecule has 106 valence electrons. The molecule has 1 fully saturated rings. The van der Waals surface area contributed by atoms with Crippen LogP contribution >= 0.6 is 0 Å². The molecule has 0 aromatic heterocycles. The number of benzene rings is 1. The average molecular weight is 267 g/mol. The van der Waals surface area contributed by atoms with Crippen LogP contribution in [0.2, 0.25) is 0 Å². The second-order valence-corrected chi connectivity index (χ2v) is 5.13. The average Bonchev–Trinajstić information content (AvgIpc) is 2.44. The fourth-order valence-electron chi connectivity index (χ4n) is 2.91. The minimum absolute atomic E-state index is 0.165. The third kappa shape index (κ3) is 2.81. The van der Waals surface area contributed by atoms with Crippen LogP contribution in [0.3, 0.4) is 0 Å². The van der Waals surface area contributed by atoms with E-state index in [1.165, 1.54) is 6.07 Å². The topological polar surface area (TPSA) is 30.5 Å². The summed E-state index contributed by atoms with van der Waals surface area (Å²) in [4.78, 5) is 0. The van der Waals surface area contributed by atoms with Crippen molar-refractivity contribution in [3.63, 3.8) is 0 Å². The Labute approximate surface area is 114 Å². The van der Waals surface area contributed by atoms with Gasteiger partial charge in [-0.1, -0.05) is 17.7 Å². The molecule has 1 aliphatic rings. The van der Waals surface area contributed by atoms with E-state index in [1.807, 2.05) is 20.0 Å². The lowest BCUT2D eigenvalue weighted by Gasteiger charge is -2.42. The summed E-state index contributed by atoms with van der Waals surface area (Å²) in [6.07, 6.45) is 1.53. The summed E-state index contributed by atoms with van der Waals surface area (Å²) >= 11 is 0. The van der Waals surface area contributed by atoms with Gasteiger partial charge in [-0.25, -0.2) is 4.39 Å². The van der Waals surface area contributed by atoms with Crippen molar-refractivity contribution in [1.82, 2.24) is 5.32 Å². The molecule has 4 heteroatoms. The number of hydrogen-bond acceptors (Lipinski definition) is 3. The quantitative estimate of drug-likeness (QED) is 0.909. The van der Waals surface area contributed by atoms with E-state index in [9.17, 15) is 4.39 Å². The molecular formula is C15H22FNO2. The molecule has 1 aromatic carbocycles. The number of likely N-dealkylation sites (N-methyl/N-ethyl adjacent to an activating group) is 1. The molecule has 2 rings (SSSR count). The fraction of sp³-hybridized carbons (Fsp3) is 0.600. The highest BCUT2D eigenvalue weighted by Gasteiger charge is 2.41. The zero-order valence-electron chi connectivity index (χ0n) is 11.8. The maximum Gasteiger partial charge on any atom is 0.128 e. The van der Waals surface area contributed by atoms with Crippen molar-refractivity contribution >= 4 is 0 Å². The Balaban J connectivity index is 2.39. The molecule has 1 aliphatic heterocycles. The summed E-state index contributed by atoms with van der Waals surface area (Å²) in [5.74, 6) is -0.187. The van der Waals surface area contributed by atoms with Crippen molar-refractivity contribution < 1.29 is 13.9 Å². The van der Waals surface area contributed by atoms with Gasteiger partial charge in [-0.2, -0.15) is 0 Å². The van der Waals surface area contributed by atoms with Crippen molar-refractivity contribution in [2.75, 3.05) is 27.4 Å². The Kier molecular flexibility index (Phi) is 4.55. The van der Waals surface area contributed by atoms with E-state index in [2.05, 4.69) is 5.32 Å². The van der Waals surface area contributed by atoms with E-state index in [4.69, 9.17) is 9.47 Å². The van der Waals surface area contributed by atoms with Gasteiger partial charge in [0.15, 0.2) is 0 Å². The molecule has 0 bridgehead atoms. The molecule has 0 saturated carbocycles. The van der Waals surface area contributed by atoms with Crippen LogP contribution in [0.1, 0.15) is 30.0 Å². The molecular weight excluding hydrogens is 245 g/mol. The first-order chi connectivity index (χ1) is 9.13. The second-order valence-electron chi connectivity index (χ2n) is 5.13. The van der Waals surface area contributed by atoms with E-state index < -0.39 is 5.60 Å². The molecule has 19 heavy (non-hydrogen) atoms. The first-order valence-corrected chi connectivity index (χ1v) is 6.69. The molecule has 1 aromatic rings. The van der Waals surface area contributed by atoms with Gasteiger partial charge >= 0.3 is 0 Å². The zero-order chi connectivity index (χ0) is 13.9. The highest BCUT2D eigenvalue weighted by Crippen LogP contribution is 2.38. The van der Waals surface area contributed by atoms with Crippen molar-refractivity contribution in [3.8, 4) is 0 Å². The Bertz CT molecular complexity index is 430. The van der Waals surface area contributed by atoms with Crippen LogP contribution in [-0.4, -0.2) is 33.0 Å². The number of aryl methyl sites for hydroxylation is 1. The van der Waals surface area contributed by atoms with Gasteiger partial charge in [-0.15, -0.1) is 0 Å². The lowest BCUT2D eigenvalue weighted by atomic mass is 9.81. The molecule has 1 atom stereocenters. The van der Waals surface area contributed by atoms with Crippen LogP contribution in [0.25, 0.3) is 0 Å². The van der Waals surface area contributed by atoms with Crippen LogP contribution < -0.4 is 5.32 Å². The molecule has 1 unspecified atom stereocenters. The highest BCUT2D eigenvalue weighted by molar-refractivity contribution is 5.29. The van der Waals surface area contributed by atoms with Gasteiger partial charge in [0.2, 0.25) is 0 Å². The van der Waals surface area contributed by atoms with Crippen molar-refractivity contribution in [3.05, 3.63) is 35.1 Å². The standard InChI is InChI=1S/C15H22FNO2/c1-11-4-5-13(16)12(10-11)14(17-2)15(18-3)6-8-19-9-7-15/h4-5,10,14,17H,6-9H2,1-3H3. The Hall–Kier alpha value is -0.970. The Morgan fingerprint density at radius 3 is 2.63 bits per heavy atom. The predicted octanol–water partition coefficient (Wildman–Crippen LogP) is 2.59. The minimum atomic E-state index is -0.401. The zero-order valence-corrected chi connectivity index (χ0v) is 11.8. The summed E-state index contributed by atoms with van der Waals surface area (Å²) in [6, 6.07) is 5.04. The van der Waals surface area contributed by atoms with Gasteiger partial charge in [-0.05, 0) is 20.0 Å². The predicted molar refractivity (Wildman–Crippen MR) is 72.7 cm³/mol. The third-order valence-electron chi connectivity index (χ3n) is 4.02. The number of ether oxygens (including phenoxy) is 2. The van der Waals surface area contributed by atoms with Gasteiger partial charge in [0.25, 0.3) is 0 Å². The first kappa shape index (κ1) is 14.4. The van der Waals surface area contributed by atoms with Crippen LogP contribution in [-0.2, 0) is 9.47 Å². The molecule has 3 nitrogen and oxygen atoms in total. The molecule has 0 amide bonds. The molecule has 0 aliphatic carbocycles. The van der Waals surface area contributed by atoms with Gasteiger partial charge in [0, 0.05) is 38.7 Å². The van der Waals surface area contributed by atoms with E-state index in [-0.39, 0.29) is 11.9 Å². The van der Waals surface area contributed by atoms with Crippen LogP contribution in [0, 0.1) is 12.7 Å². The third-order valence-corrected chi connectivity index (χ3v) is 4.02. The Morgan fingerprint density at radius 1 is 1.37 bits per heavy atom.